The Bertz CT molecular complexity index is 1570. The SMILES string of the molecule is Cn1cc(CN2CC3CC(C2)c2ccc(NC(=O)c4ccc(C#N)cc4)c(=O)n2C3)c2ccccc21. The van der Waals surface area contributed by atoms with Crippen molar-refractivity contribution in [2.45, 2.75) is 25.4 Å². The molecule has 1 N–H and O–H groups in total. The lowest BCUT2D eigenvalue weighted by Crippen LogP contribution is -2.47. The number of carbonyl (C=O) groups is 1. The van der Waals surface area contributed by atoms with Gasteiger partial charge in [0.25, 0.3) is 11.5 Å². The number of hydrogen-bond donors (Lipinski definition) is 1. The van der Waals surface area contributed by atoms with Crippen molar-refractivity contribution in [3.63, 3.8) is 0 Å². The highest BCUT2D eigenvalue weighted by Crippen LogP contribution is 2.36. The van der Waals surface area contributed by atoms with E-state index in [4.69, 9.17) is 5.26 Å². The number of carbonyl (C=O) groups excluding carboxylic acids is 1. The molecule has 180 valence electrons. The Morgan fingerprint density at radius 3 is 2.67 bits per heavy atom. The Morgan fingerprint density at radius 1 is 1.06 bits per heavy atom. The Kier molecular flexibility index (Phi) is 5.46. The lowest BCUT2D eigenvalue weighted by Gasteiger charge is -2.43. The van der Waals surface area contributed by atoms with Crippen LogP contribution in [0.25, 0.3) is 10.9 Å². The number of nitriles is 1. The molecule has 2 aromatic heterocycles. The standard InChI is InChI=1S/C29H27N5O2/c1-32-16-23(24-4-2-3-5-27(24)32)18-33-14-20-12-22(17-33)26-11-10-25(29(36)34(26)15-20)31-28(35)21-8-6-19(13-30)7-9-21/h2-11,16,20,22H,12,14-15,17-18H2,1H3,(H,31,35). The first kappa shape index (κ1) is 22.3. The predicted molar refractivity (Wildman–Crippen MR) is 139 cm³/mol. The van der Waals surface area contributed by atoms with Crippen molar-refractivity contribution in [1.82, 2.24) is 14.0 Å². The maximum absolute atomic E-state index is 13.3. The van der Waals surface area contributed by atoms with Crippen LogP contribution in [0.4, 0.5) is 5.69 Å². The largest absolute Gasteiger partial charge is 0.350 e. The van der Waals surface area contributed by atoms with Gasteiger partial charge in [0.2, 0.25) is 0 Å². The van der Waals surface area contributed by atoms with Crippen LogP contribution in [-0.4, -0.2) is 33.0 Å². The van der Waals surface area contributed by atoms with E-state index in [9.17, 15) is 9.59 Å². The van der Waals surface area contributed by atoms with Gasteiger partial charge in [0.1, 0.15) is 5.69 Å². The fourth-order valence-corrected chi connectivity index (χ4v) is 5.95. The maximum atomic E-state index is 13.3. The van der Waals surface area contributed by atoms with E-state index in [1.807, 2.05) is 16.7 Å². The van der Waals surface area contributed by atoms with Crippen molar-refractivity contribution >= 4 is 22.5 Å². The predicted octanol–water partition coefficient (Wildman–Crippen LogP) is 4.08. The molecule has 6 rings (SSSR count). The van der Waals surface area contributed by atoms with Crippen LogP contribution in [-0.2, 0) is 20.1 Å². The molecule has 0 aliphatic carbocycles. The summed E-state index contributed by atoms with van der Waals surface area (Å²) in [5.74, 6) is 0.339. The number of aryl methyl sites for hydroxylation is 1. The normalized spacial score (nSPS) is 19.0. The molecule has 1 saturated heterocycles. The quantitative estimate of drug-likeness (QED) is 0.480. The van der Waals surface area contributed by atoms with Crippen molar-refractivity contribution < 1.29 is 4.79 Å². The molecule has 2 bridgehead atoms. The minimum absolute atomic E-state index is 0.147. The van der Waals surface area contributed by atoms with Crippen molar-refractivity contribution in [2.24, 2.45) is 13.0 Å². The number of pyridine rings is 1. The van der Waals surface area contributed by atoms with E-state index < -0.39 is 0 Å². The van der Waals surface area contributed by atoms with E-state index in [1.54, 1.807) is 30.3 Å². The third-order valence-corrected chi connectivity index (χ3v) is 7.58. The summed E-state index contributed by atoms with van der Waals surface area (Å²) in [6, 6.07) is 20.7. The summed E-state index contributed by atoms with van der Waals surface area (Å²) >= 11 is 0. The third kappa shape index (κ3) is 3.90. The summed E-state index contributed by atoms with van der Waals surface area (Å²) in [6.07, 6.45) is 3.32. The molecule has 2 aromatic carbocycles. The Morgan fingerprint density at radius 2 is 1.86 bits per heavy atom. The van der Waals surface area contributed by atoms with E-state index in [2.05, 4.69) is 52.3 Å². The zero-order valence-electron chi connectivity index (χ0n) is 20.1. The van der Waals surface area contributed by atoms with Gasteiger partial charge >= 0.3 is 0 Å². The van der Waals surface area contributed by atoms with Crippen molar-refractivity contribution in [3.8, 4) is 6.07 Å². The third-order valence-electron chi connectivity index (χ3n) is 7.58. The summed E-state index contributed by atoms with van der Waals surface area (Å²) in [5, 5.41) is 13.0. The summed E-state index contributed by atoms with van der Waals surface area (Å²) in [4.78, 5) is 28.5. The van der Waals surface area contributed by atoms with E-state index in [0.29, 0.717) is 35.2 Å². The topological polar surface area (TPSA) is 83.1 Å². The number of hydrogen-bond acceptors (Lipinski definition) is 4. The summed E-state index contributed by atoms with van der Waals surface area (Å²) < 4.78 is 4.06. The van der Waals surface area contributed by atoms with Crippen LogP contribution in [0.2, 0.25) is 0 Å². The molecule has 4 heterocycles. The number of piperidine rings is 1. The van der Waals surface area contributed by atoms with Crippen molar-refractivity contribution in [1.29, 1.82) is 5.26 Å². The van der Waals surface area contributed by atoms with Gasteiger partial charge in [0, 0.05) is 67.5 Å². The summed E-state index contributed by atoms with van der Waals surface area (Å²) in [6.45, 7) is 3.43. The van der Waals surface area contributed by atoms with Crippen LogP contribution in [0.3, 0.4) is 0 Å². The molecule has 1 amide bonds. The molecule has 1 fully saturated rings. The van der Waals surface area contributed by atoms with Crippen LogP contribution in [0.1, 0.15) is 39.5 Å². The minimum atomic E-state index is -0.352. The molecule has 2 aliphatic rings. The second kappa shape index (κ2) is 8.81. The monoisotopic (exact) mass is 477 g/mol. The summed E-state index contributed by atoms with van der Waals surface area (Å²) in [7, 11) is 2.09. The van der Waals surface area contributed by atoms with Gasteiger partial charge in [-0.05, 0) is 60.4 Å². The molecule has 2 atom stereocenters. The Labute approximate surface area is 209 Å². The number of likely N-dealkylation sites (tertiary alicyclic amines) is 1. The average molecular weight is 478 g/mol. The average Bonchev–Trinajstić information content (AvgIpc) is 3.21. The molecule has 2 aliphatic heterocycles. The molecule has 36 heavy (non-hydrogen) atoms. The smallest absolute Gasteiger partial charge is 0.274 e. The maximum Gasteiger partial charge on any atom is 0.274 e. The van der Waals surface area contributed by atoms with E-state index >= 15 is 0 Å². The van der Waals surface area contributed by atoms with E-state index in [0.717, 1.165) is 31.7 Å². The number of para-hydroxylation sites is 1. The van der Waals surface area contributed by atoms with Crippen molar-refractivity contribution in [3.05, 3.63) is 99.6 Å². The first-order chi connectivity index (χ1) is 17.5. The number of nitrogens with zero attached hydrogens (tertiary/aromatic N) is 4. The highest BCUT2D eigenvalue weighted by Gasteiger charge is 2.35. The fourth-order valence-electron chi connectivity index (χ4n) is 5.95. The number of amides is 1. The molecule has 0 radical (unpaired) electrons. The summed E-state index contributed by atoms with van der Waals surface area (Å²) in [5.41, 5.74) is 4.68. The van der Waals surface area contributed by atoms with Gasteiger partial charge in [-0.1, -0.05) is 18.2 Å². The van der Waals surface area contributed by atoms with Crippen LogP contribution in [0, 0.1) is 17.2 Å². The zero-order valence-corrected chi connectivity index (χ0v) is 20.1. The lowest BCUT2D eigenvalue weighted by molar-refractivity contribution is 0.102. The molecule has 2 unspecified atom stereocenters. The highest BCUT2D eigenvalue weighted by atomic mass is 16.2. The Balaban J connectivity index is 1.21. The van der Waals surface area contributed by atoms with Gasteiger partial charge in [0.15, 0.2) is 0 Å². The van der Waals surface area contributed by atoms with E-state index in [-0.39, 0.29) is 11.5 Å². The zero-order chi connectivity index (χ0) is 24.8. The van der Waals surface area contributed by atoms with Gasteiger partial charge in [-0.25, -0.2) is 0 Å². The first-order valence-electron chi connectivity index (χ1n) is 12.3. The second-order valence-electron chi connectivity index (χ2n) is 10.0. The number of nitrogens with one attached hydrogen (secondary N) is 1. The minimum Gasteiger partial charge on any atom is -0.350 e. The van der Waals surface area contributed by atoms with Gasteiger partial charge in [-0.15, -0.1) is 0 Å². The highest BCUT2D eigenvalue weighted by molar-refractivity contribution is 6.04. The van der Waals surface area contributed by atoms with Crippen LogP contribution >= 0.6 is 0 Å². The second-order valence-corrected chi connectivity index (χ2v) is 10.0. The Hall–Kier alpha value is -4.15. The van der Waals surface area contributed by atoms with Gasteiger partial charge in [0.05, 0.1) is 11.6 Å². The molecular weight excluding hydrogens is 450 g/mol. The first-order valence-corrected chi connectivity index (χ1v) is 12.3. The van der Waals surface area contributed by atoms with Crippen LogP contribution < -0.4 is 10.9 Å². The number of fused-ring (bicyclic) bond motifs is 5. The number of anilines is 1. The van der Waals surface area contributed by atoms with E-state index in [1.165, 1.54) is 16.5 Å². The molecule has 7 nitrogen and oxygen atoms in total. The molecule has 0 spiro atoms. The lowest BCUT2D eigenvalue weighted by atomic mass is 9.83. The number of rotatable bonds is 4. The molecule has 7 heteroatoms. The van der Waals surface area contributed by atoms with Crippen molar-refractivity contribution in [2.75, 3.05) is 18.4 Å². The molecule has 0 saturated carbocycles. The van der Waals surface area contributed by atoms with Gasteiger partial charge < -0.3 is 14.5 Å². The van der Waals surface area contributed by atoms with Gasteiger partial charge in [-0.3, -0.25) is 14.5 Å². The van der Waals surface area contributed by atoms with Crippen LogP contribution in [0.15, 0.2) is 71.7 Å². The molecular formula is C29H27N5O2. The van der Waals surface area contributed by atoms with Gasteiger partial charge in [-0.2, -0.15) is 5.26 Å². The molecule has 4 aromatic rings. The fraction of sp³-hybridized carbons (Fsp3) is 0.276. The number of benzene rings is 2. The van der Waals surface area contributed by atoms with Crippen LogP contribution in [0.5, 0.6) is 0 Å². The number of aromatic nitrogens is 2.